The van der Waals surface area contributed by atoms with E-state index >= 15 is 0 Å². The SMILES string of the molecule is CC[C@H](c1ccc2c(c1)Cc1ccccc1-2)N1CCNCC1.Cl.Cl. The molecule has 2 nitrogen and oxygen atoms in total. The molecular weight excluding hydrogens is 339 g/mol. The number of halogens is 2. The van der Waals surface area contributed by atoms with Gasteiger partial charge >= 0.3 is 0 Å². The van der Waals surface area contributed by atoms with E-state index in [1.807, 2.05) is 0 Å². The number of benzene rings is 2. The average Bonchev–Trinajstić information content (AvgIpc) is 2.94. The van der Waals surface area contributed by atoms with Crippen LogP contribution in [0, 0.1) is 0 Å². The normalized spacial score (nSPS) is 17.2. The summed E-state index contributed by atoms with van der Waals surface area (Å²) in [6, 6.07) is 16.6. The van der Waals surface area contributed by atoms with Crippen LogP contribution in [0.4, 0.5) is 0 Å². The number of fused-ring (bicyclic) bond motifs is 3. The van der Waals surface area contributed by atoms with Crippen LogP contribution < -0.4 is 5.32 Å². The van der Waals surface area contributed by atoms with Gasteiger partial charge in [0.15, 0.2) is 0 Å². The predicted molar refractivity (Wildman–Crippen MR) is 107 cm³/mol. The smallest absolute Gasteiger partial charge is 0.0346 e. The Balaban J connectivity index is 0.00000104. The first kappa shape index (κ1) is 19.3. The Kier molecular flexibility index (Phi) is 6.70. The minimum absolute atomic E-state index is 0. The maximum atomic E-state index is 3.46. The van der Waals surface area contributed by atoms with Gasteiger partial charge < -0.3 is 5.32 Å². The van der Waals surface area contributed by atoms with Crippen LogP contribution in [0.5, 0.6) is 0 Å². The molecule has 1 N–H and O–H groups in total. The maximum Gasteiger partial charge on any atom is 0.0346 e. The van der Waals surface area contributed by atoms with Gasteiger partial charge in [0.25, 0.3) is 0 Å². The monoisotopic (exact) mass is 364 g/mol. The number of piperazine rings is 1. The summed E-state index contributed by atoms with van der Waals surface area (Å²) in [7, 11) is 0. The lowest BCUT2D eigenvalue weighted by Gasteiger charge is -2.35. The van der Waals surface area contributed by atoms with Gasteiger partial charge in [-0.15, -0.1) is 24.8 Å². The second-order valence-corrected chi connectivity index (χ2v) is 6.46. The molecule has 0 saturated carbocycles. The number of hydrogen-bond acceptors (Lipinski definition) is 2. The summed E-state index contributed by atoms with van der Waals surface area (Å²) in [5.41, 5.74) is 7.35. The second-order valence-electron chi connectivity index (χ2n) is 6.46. The van der Waals surface area contributed by atoms with Crippen molar-refractivity contribution >= 4 is 24.8 Å². The van der Waals surface area contributed by atoms with E-state index < -0.39 is 0 Å². The molecule has 2 aromatic carbocycles. The molecule has 2 aromatic rings. The number of hydrogen-bond donors (Lipinski definition) is 1. The van der Waals surface area contributed by atoms with Crippen molar-refractivity contribution in [1.29, 1.82) is 0 Å². The first-order valence-corrected chi connectivity index (χ1v) is 8.52. The van der Waals surface area contributed by atoms with Crippen LogP contribution in [0.3, 0.4) is 0 Å². The summed E-state index contributed by atoms with van der Waals surface area (Å²) in [6.45, 7) is 6.88. The van der Waals surface area contributed by atoms with E-state index in [-0.39, 0.29) is 24.8 Å². The van der Waals surface area contributed by atoms with Crippen molar-refractivity contribution in [3.63, 3.8) is 0 Å². The predicted octanol–water partition coefficient (Wildman–Crippen LogP) is 4.46. The molecule has 1 aliphatic carbocycles. The summed E-state index contributed by atoms with van der Waals surface area (Å²) >= 11 is 0. The van der Waals surface area contributed by atoms with Gasteiger partial charge in [0.1, 0.15) is 0 Å². The van der Waals surface area contributed by atoms with Crippen molar-refractivity contribution in [2.75, 3.05) is 26.2 Å². The van der Waals surface area contributed by atoms with Gasteiger partial charge in [0, 0.05) is 32.2 Å². The van der Waals surface area contributed by atoms with Gasteiger partial charge in [0.2, 0.25) is 0 Å². The third-order valence-corrected chi connectivity index (χ3v) is 5.18. The van der Waals surface area contributed by atoms with Crippen LogP contribution in [-0.4, -0.2) is 31.1 Å². The van der Waals surface area contributed by atoms with Crippen LogP contribution >= 0.6 is 24.8 Å². The number of nitrogens with one attached hydrogen (secondary N) is 1. The molecule has 130 valence electrons. The van der Waals surface area contributed by atoms with E-state index in [0.29, 0.717) is 6.04 Å². The zero-order chi connectivity index (χ0) is 14.9. The molecule has 4 heteroatoms. The molecule has 0 radical (unpaired) electrons. The van der Waals surface area contributed by atoms with Crippen LogP contribution in [-0.2, 0) is 6.42 Å². The minimum atomic E-state index is 0. The standard InChI is InChI=1S/C20H24N2.2ClH/c1-2-20(22-11-9-21-10-12-22)16-7-8-19-17(14-16)13-15-5-3-4-6-18(15)19;;/h3-8,14,20-21H,2,9-13H2,1H3;2*1H/t20-;;/m1../s1. The highest BCUT2D eigenvalue weighted by molar-refractivity contribution is 5.85. The minimum Gasteiger partial charge on any atom is -0.314 e. The molecular formula is C20H26Cl2N2. The highest BCUT2D eigenvalue weighted by Gasteiger charge is 2.23. The Morgan fingerprint density at radius 2 is 1.67 bits per heavy atom. The molecule has 0 aromatic heterocycles. The van der Waals surface area contributed by atoms with Gasteiger partial charge in [-0.1, -0.05) is 49.4 Å². The lowest BCUT2D eigenvalue weighted by atomic mass is 9.97. The third-order valence-electron chi connectivity index (χ3n) is 5.18. The average molecular weight is 365 g/mol. The van der Waals surface area contributed by atoms with Crippen LogP contribution in [0.25, 0.3) is 11.1 Å². The zero-order valence-electron chi connectivity index (χ0n) is 14.1. The Hall–Kier alpha value is -1.06. The quantitative estimate of drug-likeness (QED) is 0.737. The highest BCUT2D eigenvalue weighted by atomic mass is 35.5. The van der Waals surface area contributed by atoms with Crippen LogP contribution in [0.15, 0.2) is 42.5 Å². The summed E-state index contributed by atoms with van der Waals surface area (Å²) in [5, 5.41) is 3.46. The van der Waals surface area contributed by atoms with Crippen molar-refractivity contribution in [1.82, 2.24) is 10.2 Å². The van der Waals surface area contributed by atoms with E-state index in [1.165, 1.54) is 34.2 Å². The van der Waals surface area contributed by atoms with Crippen molar-refractivity contribution in [2.45, 2.75) is 25.8 Å². The Morgan fingerprint density at radius 1 is 0.958 bits per heavy atom. The second kappa shape index (κ2) is 8.35. The van der Waals surface area contributed by atoms with E-state index in [0.717, 1.165) is 32.6 Å². The molecule has 0 unspecified atom stereocenters. The van der Waals surface area contributed by atoms with Crippen molar-refractivity contribution in [2.24, 2.45) is 0 Å². The largest absolute Gasteiger partial charge is 0.314 e. The number of nitrogens with zero attached hydrogens (tertiary/aromatic N) is 1. The van der Waals surface area contributed by atoms with Gasteiger partial charge in [-0.25, -0.2) is 0 Å². The summed E-state index contributed by atoms with van der Waals surface area (Å²) < 4.78 is 0. The van der Waals surface area contributed by atoms with Gasteiger partial charge in [-0.2, -0.15) is 0 Å². The molecule has 0 spiro atoms. The van der Waals surface area contributed by atoms with Gasteiger partial charge in [-0.05, 0) is 40.7 Å². The number of rotatable bonds is 3. The van der Waals surface area contributed by atoms with E-state index in [2.05, 4.69) is 59.6 Å². The zero-order valence-corrected chi connectivity index (χ0v) is 15.8. The van der Waals surface area contributed by atoms with Crippen molar-refractivity contribution in [3.8, 4) is 11.1 Å². The maximum absolute atomic E-state index is 3.46. The molecule has 2 aliphatic rings. The lowest BCUT2D eigenvalue weighted by Crippen LogP contribution is -2.45. The van der Waals surface area contributed by atoms with Crippen molar-refractivity contribution in [3.05, 3.63) is 59.2 Å². The van der Waals surface area contributed by atoms with Gasteiger partial charge in [-0.3, -0.25) is 4.90 Å². The molecule has 24 heavy (non-hydrogen) atoms. The molecule has 0 amide bonds. The van der Waals surface area contributed by atoms with E-state index in [9.17, 15) is 0 Å². The van der Waals surface area contributed by atoms with Crippen molar-refractivity contribution < 1.29 is 0 Å². The third kappa shape index (κ3) is 3.48. The fourth-order valence-corrected chi connectivity index (χ4v) is 4.07. The van der Waals surface area contributed by atoms with Gasteiger partial charge in [0.05, 0.1) is 0 Å². The molecule has 1 aliphatic heterocycles. The fourth-order valence-electron chi connectivity index (χ4n) is 4.07. The molecule has 4 rings (SSSR count). The van der Waals surface area contributed by atoms with Crippen LogP contribution in [0.1, 0.15) is 36.1 Å². The Bertz CT molecular complexity index is 681. The summed E-state index contributed by atoms with van der Waals surface area (Å²) in [6.07, 6.45) is 2.28. The van der Waals surface area contributed by atoms with E-state index in [1.54, 1.807) is 0 Å². The molecule has 1 atom stereocenters. The highest BCUT2D eigenvalue weighted by Crippen LogP contribution is 2.38. The molecule has 0 bridgehead atoms. The van der Waals surface area contributed by atoms with E-state index in [4.69, 9.17) is 0 Å². The summed E-state index contributed by atoms with van der Waals surface area (Å²) in [4.78, 5) is 2.64. The molecule has 1 fully saturated rings. The first-order valence-electron chi connectivity index (χ1n) is 8.52. The summed E-state index contributed by atoms with van der Waals surface area (Å²) in [5.74, 6) is 0. The Morgan fingerprint density at radius 3 is 2.42 bits per heavy atom. The topological polar surface area (TPSA) is 15.3 Å². The first-order chi connectivity index (χ1) is 10.9. The lowest BCUT2D eigenvalue weighted by molar-refractivity contribution is 0.169. The molecule has 1 saturated heterocycles. The van der Waals surface area contributed by atoms with Crippen LogP contribution in [0.2, 0.25) is 0 Å². The molecule has 1 heterocycles. The Labute approximate surface area is 157 Å². The fraction of sp³-hybridized carbons (Fsp3) is 0.400.